The average Bonchev–Trinajstić information content (AvgIpc) is 2.76. The molecule has 2 aromatic rings. The Morgan fingerprint density at radius 3 is 2.79 bits per heavy atom. The topological polar surface area (TPSA) is 73.8 Å². The molecule has 0 amide bonds. The van der Waals surface area contributed by atoms with Crippen molar-refractivity contribution in [2.24, 2.45) is 0 Å². The third kappa shape index (κ3) is 3.01. The lowest BCUT2D eigenvalue weighted by atomic mass is 10.2. The molecule has 0 aliphatic carbocycles. The van der Waals surface area contributed by atoms with E-state index in [1.54, 1.807) is 4.68 Å². The minimum Gasteiger partial charge on any atom is -0.398 e. The summed E-state index contributed by atoms with van der Waals surface area (Å²) < 4.78 is 14.1. The zero-order chi connectivity index (χ0) is 14.0. The number of rotatable bonds is 4. The maximum atomic E-state index is 12.4. The van der Waals surface area contributed by atoms with Crippen molar-refractivity contribution < 1.29 is 4.21 Å². The third-order valence-corrected chi connectivity index (χ3v) is 4.19. The predicted molar refractivity (Wildman–Crippen MR) is 76.1 cm³/mol. The van der Waals surface area contributed by atoms with E-state index in [1.165, 1.54) is 6.33 Å². The van der Waals surface area contributed by atoms with Gasteiger partial charge in [0.05, 0.1) is 21.4 Å². The van der Waals surface area contributed by atoms with Gasteiger partial charge in [-0.25, -0.2) is 9.67 Å². The van der Waals surface area contributed by atoms with Crippen LogP contribution in [-0.2, 0) is 16.6 Å². The summed E-state index contributed by atoms with van der Waals surface area (Å²) in [6, 6.07) is 5.76. The van der Waals surface area contributed by atoms with Gasteiger partial charge in [-0.1, -0.05) is 6.07 Å². The smallest absolute Gasteiger partial charge is 0.140 e. The molecule has 0 radical (unpaired) electrons. The summed E-state index contributed by atoms with van der Waals surface area (Å²) in [6.45, 7) is 5.99. The van der Waals surface area contributed by atoms with Crippen molar-refractivity contribution in [1.82, 2.24) is 14.8 Å². The molecular weight excluding hydrogens is 260 g/mol. The molecule has 0 saturated carbocycles. The molecule has 0 saturated heterocycles. The first kappa shape index (κ1) is 13.7. The maximum absolute atomic E-state index is 12.4. The molecule has 1 aromatic heterocycles. The van der Waals surface area contributed by atoms with E-state index >= 15 is 0 Å². The van der Waals surface area contributed by atoms with Gasteiger partial charge in [-0.15, -0.1) is 0 Å². The van der Waals surface area contributed by atoms with E-state index in [0.717, 1.165) is 5.56 Å². The van der Waals surface area contributed by atoms with Crippen molar-refractivity contribution in [3.63, 3.8) is 0 Å². The fourth-order valence-corrected chi connectivity index (χ4v) is 3.02. The molecule has 1 atom stereocenters. The lowest BCUT2D eigenvalue weighted by Crippen LogP contribution is -2.11. The summed E-state index contributed by atoms with van der Waals surface area (Å²) in [5.41, 5.74) is 7.54. The first-order valence-corrected chi connectivity index (χ1v) is 7.44. The molecule has 0 aliphatic heterocycles. The van der Waals surface area contributed by atoms with E-state index in [9.17, 15) is 4.21 Å². The molecule has 1 heterocycles. The quantitative estimate of drug-likeness (QED) is 0.869. The van der Waals surface area contributed by atoms with Gasteiger partial charge in [0.15, 0.2) is 0 Å². The van der Waals surface area contributed by atoms with Crippen molar-refractivity contribution >= 4 is 16.5 Å². The van der Waals surface area contributed by atoms with Crippen LogP contribution in [0.25, 0.3) is 0 Å². The van der Waals surface area contributed by atoms with E-state index in [4.69, 9.17) is 5.73 Å². The highest BCUT2D eigenvalue weighted by Gasteiger charge is 2.14. The lowest BCUT2D eigenvalue weighted by molar-refractivity contribution is 0.513. The molecule has 19 heavy (non-hydrogen) atoms. The number of aryl methyl sites for hydroxylation is 1. The van der Waals surface area contributed by atoms with Crippen LogP contribution in [0.5, 0.6) is 0 Å². The van der Waals surface area contributed by atoms with Crippen LogP contribution in [0.4, 0.5) is 5.69 Å². The minimum atomic E-state index is -1.21. The van der Waals surface area contributed by atoms with Gasteiger partial charge < -0.3 is 5.73 Å². The van der Waals surface area contributed by atoms with Crippen LogP contribution >= 0.6 is 0 Å². The molecule has 0 fully saturated rings. The summed E-state index contributed by atoms with van der Waals surface area (Å²) in [6.07, 6.45) is 1.49. The highest BCUT2D eigenvalue weighted by atomic mass is 32.2. The average molecular weight is 278 g/mol. The molecule has 6 heteroatoms. The number of benzene rings is 1. The van der Waals surface area contributed by atoms with Gasteiger partial charge in [0.1, 0.15) is 12.2 Å². The third-order valence-electron chi connectivity index (χ3n) is 2.81. The zero-order valence-electron chi connectivity index (χ0n) is 11.3. The van der Waals surface area contributed by atoms with E-state index < -0.39 is 10.8 Å². The number of nitrogen functional groups attached to an aromatic ring is 1. The molecule has 0 spiro atoms. The fourth-order valence-electron chi connectivity index (χ4n) is 1.88. The largest absolute Gasteiger partial charge is 0.398 e. The van der Waals surface area contributed by atoms with E-state index in [-0.39, 0.29) is 6.04 Å². The van der Waals surface area contributed by atoms with E-state index in [0.29, 0.717) is 22.2 Å². The van der Waals surface area contributed by atoms with Gasteiger partial charge in [-0.05, 0) is 38.5 Å². The maximum Gasteiger partial charge on any atom is 0.140 e. The van der Waals surface area contributed by atoms with Gasteiger partial charge in [-0.3, -0.25) is 4.21 Å². The molecule has 1 aromatic carbocycles. The summed E-state index contributed by atoms with van der Waals surface area (Å²) >= 11 is 0. The van der Waals surface area contributed by atoms with Crippen molar-refractivity contribution in [3.8, 4) is 0 Å². The van der Waals surface area contributed by atoms with Crippen LogP contribution < -0.4 is 5.73 Å². The first-order valence-electron chi connectivity index (χ1n) is 6.12. The van der Waals surface area contributed by atoms with Crippen LogP contribution in [0.2, 0.25) is 0 Å². The summed E-state index contributed by atoms with van der Waals surface area (Å²) in [7, 11) is -1.21. The molecule has 0 bridgehead atoms. The molecule has 0 aliphatic rings. The van der Waals surface area contributed by atoms with Gasteiger partial charge in [0.25, 0.3) is 0 Å². The first-order chi connectivity index (χ1) is 8.99. The number of nitrogens with two attached hydrogens (primary N) is 1. The van der Waals surface area contributed by atoms with Crippen LogP contribution in [0.3, 0.4) is 0 Å². The van der Waals surface area contributed by atoms with Gasteiger partial charge in [0.2, 0.25) is 0 Å². The predicted octanol–water partition coefficient (Wildman–Crippen LogP) is 2.06. The second-order valence-corrected chi connectivity index (χ2v) is 6.17. The summed E-state index contributed by atoms with van der Waals surface area (Å²) in [5.74, 6) is 1.04. The van der Waals surface area contributed by atoms with Crippen LogP contribution in [0, 0.1) is 6.92 Å². The molecule has 2 N–H and O–H groups in total. The number of hydrogen-bond acceptors (Lipinski definition) is 4. The van der Waals surface area contributed by atoms with Gasteiger partial charge in [0, 0.05) is 11.7 Å². The van der Waals surface area contributed by atoms with Gasteiger partial charge in [-0.2, -0.15) is 5.10 Å². The van der Waals surface area contributed by atoms with Crippen molar-refractivity contribution in [1.29, 1.82) is 0 Å². The van der Waals surface area contributed by atoms with Crippen molar-refractivity contribution in [2.45, 2.75) is 37.5 Å². The molecule has 5 nitrogen and oxygen atoms in total. The standard InChI is InChI=1S/C13H18N4OS/c1-9(2)17-13(15-8-16-17)7-19(18)12-5-4-10(3)6-11(12)14/h4-6,8-9H,7,14H2,1-3H3. The zero-order valence-corrected chi connectivity index (χ0v) is 12.1. The van der Waals surface area contributed by atoms with Crippen LogP contribution in [-0.4, -0.2) is 19.0 Å². The Morgan fingerprint density at radius 1 is 1.42 bits per heavy atom. The number of hydrogen-bond donors (Lipinski definition) is 1. The lowest BCUT2D eigenvalue weighted by Gasteiger charge is -2.10. The van der Waals surface area contributed by atoms with E-state index in [2.05, 4.69) is 10.1 Å². The minimum absolute atomic E-state index is 0.199. The second kappa shape index (κ2) is 5.52. The monoisotopic (exact) mass is 278 g/mol. The Labute approximate surface area is 115 Å². The Kier molecular flexibility index (Phi) is 3.99. The Hall–Kier alpha value is -1.69. The molecular formula is C13H18N4OS. The van der Waals surface area contributed by atoms with Crippen molar-refractivity contribution in [3.05, 3.63) is 35.9 Å². The summed E-state index contributed by atoms with van der Waals surface area (Å²) in [5, 5.41) is 4.14. The number of nitrogens with zero attached hydrogens (tertiary/aromatic N) is 3. The van der Waals surface area contributed by atoms with Crippen LogP contribution in [0.15, 0.2) is 29.4 Å². The Bertz CT molecular complexity index is 606. The highest BCUT2D eigenvalue weighted by molar-refractivity contribution is 7.84. The summed E-state index contributed by atoms with van der Waals surface area (Å²) in [4.78, 5) is 4.82. The fraction of sp³-hybridized carbons (Fsp3) is 0.385. The highest BCUT2D eigenvalue weighted by Crippen LogP contribution is 2.20. The molecule has 2 rings (SSSR count). The van der Waals surface area contributed by atoms with E-state index in [1.807, 2.05) is 39.0 Å². The Morgan fingerprint density at radius 2 is 2.16 bits per heavy atom. The number of anilines is 1. The van der Waals surface area contributed by atoms with Gasteiger partial charge >= 0.3 is 0 Å². The molecule has 1 unspecified atom stereocenters. The molecule has 102 valence electrons. The van der Waals surface area contributed by atoms with Crippen molar-refractivity contribution in [2.75, 3.05) is 5.73 Å². The Balaban J connectivity index is 2.23. The number of aromatic nitrogens is 3. The van der Waals surface area contributed by atoms with Crippen LogP contribution in [0.1, 0.15) is 31.3 Å². The second-order valence-electron chi connectivity index (χ2n) is 4.75. The SMILES string of the molecule is Cc1ccc(S(=O)Cc2ncnn2C(C)C)c(N)c1. The normalized spacial score (nSPS) is 12.8.